The van der Waals surface area contributed by atoms with Crippen LogP contribution in [0.5, 0.6) is 0 Å². The first kappa shape index (κ1) is 20.7. The summed E-state index contributed by atoms with van der Waals surface area (Å²) in [6.45, 7) is 1.88. The second-order valence-electron chi connectivity index (χ2n) is 6.80. The number of hydrogen-bond donors (Lipinski definition) is 2. The molecule has 0 bridgehead atoms. The van der Waals surface area contributed by atoms with Gasteiger partial charge >= 0.3 is 0 Å². The van der Waals surface area contributed by atoms with E-state index < -0.39 is 10.8 Å². The van der Waals surface area contributed by atoms with Crippen molar-refractivity contribution in [1.82, 2.24) is 15.0 Å². The van der Waals surface area contributed by atoms with Crippen molar-refractivity contribution in [1.29, 1.82) is 0 Å². The lowest BCUT2D eigenvalue weighted by Crippen LogP contribution is -2.02. The summed E-state index contributed by atoms with van der Waals surface area (Å²) in [5.74, 6) is 0.298. The fourth-order valence-corrected chi connectivity index (χ4v) is 4.62. The molecular formula is C22H19ClN4OS2. The van der Waals surface area contributed by atoms with E-state index in [1.807, 2.05) is 43.3 Å². The third kappa shape index (κ3) is 4.59. The first-order valence-electron chi connectivity index (χ1n) is 9.32. The van der Waals surface area contributed by atoms with Crippen molar-refractivity contribution in [2.75, 3.05) is 5.32 Å². The van der Waals surface area contributed by atoms with Crippen molar-refractivity contribution < 1.29 is 4.21 Å². The van der Waals surface area contributed by atoms with Gasteiger partial charge in [-0.1, -0.05) is 54.2 Å². The maximum atomic E-state index is 12.4. The van der Waals surface area contributed by atoms with Crippen LogP contribution in [0.1, 0.15) is 16.8 Å². The molecule has 0 spiro atoms. The molecule has 1 unspecified atom stereocenters. The molecule has 8 heteroatoms. The van der Waals surface area contributed by atoms with E-state index in [2.05, 4.69) is 32.4 Å². The van der Waals surface area contributed by atoms with Gasteiger partial charge in [-0.15, -0.1) is 0 Å². The van der Waals surface area contributed by atoms with Gasteiger partial charge in [-0.2, -0.15) is 0 Å². The van der Waals surface area contributed by atoms with Gasteiger partial charge in [-0.25, -0.2) is 4.98 Å². The summed E-state index contributed by atoms with van der Waals surface area (Å²) in [5, 5.41) is 4.23. The number of rotatable bonds is 3. The zero-order valence-electron chi connectivity index (χ0n) is 16.2. The van der Waals surface area contributed by atoms with E-state index in [0.29, 0.717) is 15.9 Å². The summed E-state index contributed by atoms with van der Waals surface area (Å²) in [4.78, 5) is 12.6. The predicted octanol–water partition coefficient (Wildman–Crippen LogP) is 5.21. The molecule has 2 aromatic carbocycles. The fourth-order valence-electron chi connectivity index (χ4n) is 3.09. The number of thiocarbonyl (C=S) groups is 1. The highest BCUT2D eigenvalue weighted by Crippen LogP contribution is 2.22. The van der Waals surface area contributed by atoms with Crippen molar-refractivity contribution in [3.8, 4) is 0 Å². The van der Waals surface area contributed by atoms with Gasteiger partial charge in [0.2, 0.25) is 0 Å². The minimum Gasteiger partial charge on any atom is -0.350 e. The fraction of sp³-hybridized carbons (Fsp3) is 0.136. The van der Waals surface area contributed by atoms with Crippen LogP contribution in [0.15, 0.2) is 66.0 Å². The molecule has 1 aliphatic rings. The number of pyridine rings is 1. The number of benzene rings is 2. The zero-order chi connectivity index (χ0) is 21.1. The second kappa shape index (κ2) is 9.04. The van der Waals surface area contributed by atoms with Gasteiger partial charge in [0.05, 0.1) is 38.3 Å². The number of nitrogens with zero attached hydrogens (tertiary/aromatic N) is 2. The van der Waals surface area contributed by atoms with Gasteiger partial charge < -0.3 is 10.3 Å². The summed E-state index contributed by atoms with van der Waals surface area (Å²) in [5.41, 5.74) is 5.77. The number of para-hydroxylation sites is 3. The SMILES string of the molecule is Cc1c(Cl)ccnc1CS(=O)c1nc2ccccc2[nH]1.S=C1Cc2ccccc2N1. The Morgan fingerprint density at radius 2 is 1.90 bits per heavy atom. The maximum Gasteiger partial charge on any atom is 0.197 e. The van der Waals surface area contributed by atoms with Crippen LogP contribution in [0, 0.1) is 6.92 Å². The molecule has 5 nitrogen and oxygen atoms in total. The summed E-state index contributed by atoms with van der Waals surface area (Å²) >= 11 is 11.1. The summed E-state index contributed by atoms with van der Waals surface area (Å²) in [6, 6.07) is 17.5. The number of nitrogens with one attached hydrogen (secondary N) is 2. The topological polar surface area (TPSA) is 70.7 Å². The number of anilines is 1. The predicted molar refractivity (Wildman–Crippen MR) is 127 cm³/mol. The second-order valence-corrected chi connectivity index (χ2v) is 9.06. The number of fused-ring (bicyclic) bond motifs is 2. The van der Waals surface area contributed by atoms with Crippen molar-refractivity contribution in [3.05, 3.63) is 82.6 Å². The molecule has 30 heavy (non-hydrogen) atoms. The molecule has 0 aliphatic carbocycles. The van der Waals surface area contributed by atoms with E-state index in [1.54, 1.807) is 12.3 Å². The molecule has 5 rings (SSSR count). The van der Waals surface area contributed by atoms with Crippen LogP contribution in [0.3, 0.4) is 0 Å². The molecule has 0 saturated carbocycles. The van der Waals surface area contributed by atoms with Gasteiger partial charge in [-0.05, 0) is 42.3 Å². The standard InChI is InChI=1S/C14H12ClN3OS.C8H7NS/c1-9-10(15)6-7-16-13(9)8-20(19)14-17-11-4-2-3-5-12(11)18-14;10-8-5-6-3-1-2-4-7(6)9-8/h2-7H,8H2,1H3,(H,17,18);1-4H,5H2,(H,9,10). The van der Waals surface area contributed by atoms with Crippen LogP contribution in [-0.2, 0) is 23.0 Å². The van der Waals surface area contributed by atoms with Crippen LogP contribution in [0.25, 0.3) is 11.0 Å². The van der Waals surface area contributed by atoms with Crippen LogP contribution in [0.4, 0.5) is 5.69 Å². The normalized spacial score (nSPS) is 13.3. The number of H-pyrrole nitrogens is 1. The third-order valence-electron chi connectivity index (χ3n) is 4.74. The average molecular weight is 455 g/mol. The molecule has 0 amide bonds. The maximum absolute atomic E-state index is 12.4. The molecule has 152 valence electrons. The Kier molecular flexibility index (Phi) is 6.22. The Labute approximate surface area is 187 Å². The Bertz CT molecular complexity index is 1190. The Morgan fingerprint density at radius 3 is 2.70 bits per heavy atom. The van der Waals surface area contributed by atoms with Crippen molar-refractivity contribution >= 4 is 56.3 Å². The molecule has 2 N–H and O–H groups in total. The van der Waals surface area contributed by atoms with E-state index in [1.165, 1.54) is 11.3 Å². The highest BCUT2D eigenvalue weighted by atomic mass is 35.5. The first-order valence-corrected chi connectivity index (χ1v) is 11.4. The lowest BCUT2D eigenvalue weighted by atomic mass is 10.2. The third-order valence-corrected chi connectivity index (χ3v) is 6.55. The van der Waals surface area contributed by atoms with Crippen molar-refractivity contribution in [3.63, 3.8) is 0 Å². The molecule has 4 aromatic rings. The minimum atomic E-state index is -1.27. The quantitative estimate of drug-likeness (QED) is 0.416. The zero-order valence-corrected chi connectivity index (χ0v) is 18.6. The molecule has 3 heterocycles. The van der Waals surface area contributed by atoms with Crippen LogP contribution in [0.2, 0.25) is 5.02 Å². The van der Waals surface area contributed by atoms with Crippen LogP contribution >= 0.6 is 23.8 Å². The van der Waals surface area contributed by atoms with Crippen LogP contribution < -0.4 is 5.32 Å². The molecule has 0 radical (unpaired) electrons. The summed E-state index contributed by atoms with van der Waals surface area (Å²) < 4.78 is 12.4. The molecule has 1 atom stereocenters. The summed E-state index contributed by atoms with van der Waals surface area (Å²) in [6.07, 6.45) is 2.53. The molecule has 0 fully saturated rings. The number of imidazole rings is 1. The largest absolute Gasteiger partial charge is 0.350 e. The lowest BCUT2D eigenvalue weighted by Gasteiger charge is -2.04. The van der Waals surface area contributed by atoms with Gasteiger partial charge in [0, 0.05) is 23.3 Å². The number of halogens is 1. The minimum absolute atomic E-state index is 0.298. The highest BCUT2D eigenvalue weighted by Gasteiger charge is 2.14. The lowest BCUT2D eigenvalue weighted by molar-refractivity contribution is 0.676. The Balaban J connectivity index is 0.000000181. The van der Waals surface area contributed by atoms with Crippen LogP contribution in [-0.4, -0.2) is 24.1 Å². The molecular weight excluding hydrogens is 436 g/mol. The van der Waals surface area contributed by atoms with Crippen molar-refractivity contribution in [2.45, 2.75) is 24.3 Å². The number of aromatic nitrogens is 3. The van der Waals surface area contributed by atoms with Gasteiger partial charge in [0.25, 0.3) is 0 Å². The van der Waals surface area contributed by atoms with E-state index in [-0.39, 0.29) is 0 Å². The highest BCUT2D eigenvalue weighted by molar-refractivity contribution is 7.84. The van der Waals surface area contributed by atoms with E-state index in [9.17, 15) is 4.21 Å². The number of hydrogen-bond acceptors (Lipinski definition) is 4. The Hall–Kier alpha value is -2.61. The summed E-state index contributed by atoms with van der Waals surface area (Å²) in [7, 11) is -1.27. The van der Waals surface area contributed by atoms with E-state index in [4.69, 9.17) is 23.8 Å². The Morgan fingerprint density at radius 1 is 1.13 bits per heavy atom. The molecule has 0 saturated heterocycles. The van der Waals surface area contributed by atoms with Gasteiger partial charge in [-0.3, -0.25) is 9.19 Å². The van der Waals surface area contributed by atoms with Gasteiger partial charge in [0.1, 0.15) is 0 Å². The van der Waals surface area contributed by atoms with Crippen molar-refractivity contribution in [2.24, 2.45) is 0 Å². The average Bonchev–Trinajstić information content (AvgIpc) is 3.34. The smallest absolute Gasteiger partial charge is 0.197 e. The molecule has 1 aliphatic heterocycles. The molecule has 2 aromatic heterocycles. The monoisotopic (exact) mass is 454 g/mol. The van der Waals surface area contributed by atoms with E-state index >= 15 is 0 Å². The van der Waals surface area contributed by atoms with E-state index in [0.717, 1.165) is 33.7 Å². The number of aromatic amines is 1. The van der Waals surface area contributed by atoms with Gasteiger partial charge in [0.15, 0.2) is 5.16 Å². The first-order chi connectivity index (χ1) is 14.5.